The molecule has 1 amide bonds. The Morgan fingerprint density at radius 2 is 1.93 bits per heavy atom. The number of nitrogens with zero attached hydrogens (tertiary/aromatic N) is 2. The number of likely N-dealkylation sites (tertiary alicyclic amines) is 1. The SMILES string of the molecule is Cc1cc(C)c(NC(=O)[C@H](C)N2CCC[C@H](c3nc4ccccc4s3)C2)c(C)c1. The van der Waals surface area contributed by atoms with Crippen molar-refractivity contribution in [2.45, 2.75) is 52.5 Å². The number of anilines is 1. The van der Waals surface area contributed by atoms with Crippen LogP contribution in [-0.2, 0) is 4.79 Å². The standard InChI is InChI=1S/C24H29N3OS/c1-15-12-16(2)22(17(3)13-15)26-23(28)18(4)27-11-7-8-19(14-27)24-25-20-9-5-6-10-21(20)29-24/h5-6,9-10,12-13,18-19H,7-8,11,14H2,1-4H3,(H,26,28)/t18-,19-/m0/s1. The summed E-state index contributed by atoms with van der Waals surface area (Å²) in [5.74, 6) is 0.476. The average molecular weight is 408 g/mol. The molecule has 0 saturated carbocycles. The van der Waals surface area contributed by atoms with E-state index in [1.165, 1.54) is 15.3 Å². The molecule has 0 unspecified atom stereocenters. The van der Waals surface area contributed by atoms with Crippen LogP contribution in [-0.4, -0.2) is 34.9 Å². The van der Waals surface area contributed by atoms with Crippen molar-refractivity contribution >= 4 is 33.1 Å². The normalized spacial score (nSPS) is 18.7. The second-order valence-electron chi connectivity index (χ2n) is 8.29. The summed E-state index contributed by atoms with van der Waals surface area (Å²) >= 11 is 1.80. The lowest BCUT2D eigenvalue weighted by atomic mass is 9.97. The summed E-state index contributed by atoms with van der Waals surface area (Å²) in [5.41, 5.74) is 5.50. The van der Waals surface area contributed by atoms with Gasteiger partial charge in [0.15, 0.2) is 0 Å². The molecule has 4 nitrogen and oxygen atoms in total. The van der Waals surface area contributed by atoms with Crippen molar-refractivity contribution < 1.29 is 4.79 Å². The van der Waals surface area contributed by atoms with Gasteiger partial charge in [-0.25, -0.2) is 4.98 Å². The molecule has 0 bridgehead atoms. The Balaban J connectivity index is 1.47. The van der Waals surface area contributed by atoms with Crippen LogP contribution in [0.5, 0.6) is 0 Å². The molecule has 1 aromatic heterocycles. The van der Waals surface area contributed by atoms with E-state index >= 15 is 0 Å². The second-order valence-corrected chi connectivity index (χ2v) is 9.36. The summed E-state index contributed by atoms with van der Waals surface area (Å²) in [5, 5.41) is 4.39. The number of nitrogens with one attached hydrogen (secondary N) is 1. The Kier molecular flexibility index (Phi) is 5.70. The van der Waals surface area contributed by atoms with Crippen LogP contribution in [0.1, 0.15) is 47.4 Å². The van der Waals surface area contributed by atoms with Gasteiger partial charge >= 0.3 is 0 Å². The van der Waals surface area contributed by atoms with Gasteiger partial charge in [0.05, 0.1) is 21.3 Å². The van der Waals surface area contributed by atoms with Gasteiger partial charge in [-0.15, -0.1) is 11.3 Å². The number of rotatable bonds is 4. The molecule has 1 saturated heterocycles. The molecule has 2 heterocycles. The van der Waals surface area contributed by atoms with E-state index in [1.807, 2.05) is 13.0 Å². The number of piperidine rings is 1. The monoisotopic (exact) mass is 407 g/mol. The fourth-order valence-corrected chi connectivity index (χ4v) is 5.49. The highest BCUT2D eigenvalue weighted by Crippen LogP contribution is 2.33. The Bertz CT molecular complexity index is 986. The van der Waals surface area contributed by atoms with Gasteiger partial charge in [-0.2, -0.15) is 0 Å². The van der Waals surface area contributed by atoms with Crippen LogP contribution >= 0.6 is 11.3 Å². The number of carbonyl (C=O) groups excluding carboxylic acids is 1. The van der Waals surface area contributed by atoms with Gasteiger partial charge in [0.1, 0.15) is 0 Å². The smallest absolute Gasteiger partial charge is 0.241 e. The number of aryl methyl sites for hydroxylation is 3. The van der Waals surface area contributed by atoms with E-state index in [-0.39, 0.29) is 11.9 Å². The number of hydrogen-bond donors (Lipinski definition) is 1. The van der Waals surface area contributed by atoms with Crippen LogP contribution in [0.25, 0.3) is 10.2 Å². The fourth-order valence-electron chi connectivity index (χ4n) is 4.40. The maximum atomic E-state index is 13.0. The number of aromatic nitrogens is 1. The quantitative estimate of drug-likeness (QED) is 0.627. The van der Waals surface area contributed by atoms with Gasteiger partial charge in [-0.3, -0.25) is 9.69 Å². The zero-order chi connectivity index (χ0) is 20.5. The van der Waals surface area contributed by atoms with Crippen molar-refractivity contribution in [3.63, 3.8) is 0 Å². The van der Waals surface area contributed by atoms with Gasteiger partial charge in [-0.1, -0.05) is 29.8 Å². The highest BCUT2D eigenvalue weighted by atomic mass is 32.1. The zero-order valence-corrected chi connectivity index (χ0v) is 18.5. The van der Waals surface area contributed by atoms with Crippen molar-refractivity contribution in [1.29, 1.82) is 0 Å². The highest BCUT2D eigenvalue weighted by Gasteiger charge is 2.30. The molecular formula is C24H29N3OS. The lowest BCUT2D eigenvalue weighted by molar-refractivity contribution is -0.121. The summed E-state index contributed by atoms with van der Waals surface area (Å²) in [6, 6.07) is 12.4. The molecule has 5 heteroatoms. The molecule has 1 N–H and O–H groups in total. The molecule has 1 aliphatic rings. The van der Waals surface area contributed by atoms with Crippen molar-refractivity contribution in [3.05, 3.63) is 58.1 Å². The molecule has 0 aliphatic carbocycles. The van der Waals surface area contributed by atoms with Gasteiger partial charge in [0, 0.05) is 18.2 Å². The van der Waals surface area contributed by atoms with Gasteiger partial charge in [0.25, 0.3) is 0 Å². The van der Waals surface area contributed by atoms with E-state index in [4.69, 9.17) is 4.98 Å². The molecule has 29 heavy (non-hydrogen) atoms. The largest absolute Gasteiger partial charge is 0.324 e. The highest BCUT2D eigenvalue weighted by molar-refractivity contribution is 7.18. The third-order valence-corrected chi connectivity index (χ3v) is 7.16. The maximum Gasteiger partial charge on any atom is 0.241 e. The van der Waals surface area contributed by atoms with Crippen molar-refractivity contribution in [1.82, 2.24) is 9.88 Å². The first-order valence-corrected chi connectivity index (χ1v) is 11.2. The molecule has 2 atom stereocenters. The first-order chi connectivity index (χ1) is 13.9. The maximum absolute atomic E-state index is 13.0. The lowest BCUT2D eigenvalue weighted by Gasteiger charge is -2.35. The third-order valence-electron chi connectivity index (χ3n) is 5.96. The number of carbonyl (C=O) groups is 1. The van der Waals surface area contributed by atoms with Crippen molar-refractivity contribution in [2.75, 3.05) is 18.4 Å². The second kappa shape index (κ2) is 8.25. The minimum absolute atomic E-state index is 0.0741. The first-order valence-electron chi connectivity index (χ1n) is 10.4. The van der Waals surface area contributed by atoms with Crippen LogP contribution in [0.4, 0.5) is 5.69 Å². The Morgan fingerprint density at radius 1 is 1.21 bits per heavy atom. The number of amides is 1. The van der Waals surface area contributed by atoms with E-state index in [9.17, 15) is 4.79 Å². The molecule has 152 valence electrons. The summed E-state index contributed by atoms with van der Waals surface area (Å²) in [7, 11) is 0. The predicted octanol–water partition coefficient (Wildman–Crippen LogP) is 5.43. The van der Waals surface area contributed by atoms with Crippen LogP contribution in [0.15, 0.2) is 36.4 Å². The van der Waals surface area contributed by atoms with Crippen LogP contribution in [0.2, 0.25) is 0 Å². The van der Waals surface area contributed by atoms with Gasteiger partial charge in [-0.05, 0) is 70.3 Å². The number of para-hydroxylation sites is 1. The molecule has 0 radical (unpaired) electrons. The lowest BCUT2D eigenvalue weighted by Crippen LogP contribution is -2.46. The zero-order valence-electron chi connectivity index (χ0n) is 17.7. The van der Waals surface area contributed by atoms with Crippen LogP contribution in [0, 0.1) is 20.8 Å². The molecule has 1 fully saturated rings. The first kappa shape index (κ1) is 20.0. The molecule has 1 aliphatic heterocycles. The average Bonchev–Trinajstić information content (AvgIpc) is 3.14. The Labute approximate surface area is 177 Å². The Hall–Kier alpha value is -2.24. The molecular weight excluding hydrogens is 378 g/mol. The Morgan fingerprint density at radius 3 is 2.66 bits per heavy atom. The molecule has 3 aromatic rings. The fraction of sp³-hybridized carbons (Fsp3) is 0.417. The summed E-state index contributed by atoms with van der Waals surface area (Å²) < 4.78 is 1.25. The minimum Gasteiger partial charge on any atom is -0.324 e. The minimum atomic E-state index is -0.160. The topological polar surface area (TPSA) is 45.2 Å². The summed E-state index contributed by atoms with van der Waals surface area (Å²) in [6.45, 7) is 10.1. The van der Waals surface area contributed by atoms with Crippen molar-refractivity contribution in [2.24, 2.45) is 0 Å². The van der Waals surface area contributed by atoms with Crippen LogP contribution < -0.4 is 5.32 Å². The van der Waals surface area contributed by atoms with E-state index in [1.54, 1.807) is 11.3 Å². The molecule has 0 spiro atoms. The van der Waals surface area contributed by atoms with Crippen molar-refractivity contribution in [3.8, 4) is 0 Å². The van der Waals surface area contributed by atoms with E-state index in [0.29, 0.717) is 5.92 Å². The number of thiazole rings is 1. The van der Waals surface area contributed by atoms with Crippen LogP contribution in [0.3, 0.4) is 0 Å². The van der Waals surface area contributed by atoms with Gasteiger partial charge < -0.3 is 5.32 Å². The molecule has 2 aromatic carbocycles. The predicted molar refractivity (Wildman–Crippen MR) is 122 cm³/mol. The van der Waals surface area contributed by atoms with E-state index in [2.05, 4.69) is 61.3 Å². The number of hydrogen-bond acceptors (Lipinski definition) is 4. The third kappa shape index (κ3) is 4.21. The van der Waals surface area contributed by atoms with Gasteiger partial charge in [0.2, 0.25) is 5.91 Å². The molecule has 4 rings (SSSR count). The van der Waals surface area contributed by atoms with E-state index in [0.717, 1.165) is 48.3 Å². The van der Waals surface area contributed by atoms with E-state index < -0.39 is 0 Å². The number of fused-ring (bicyclic) bond motifs is 1. The summed E-state index contributed by atoms with van der Waals surface area (Å²) in [4.78, 5) is 20.2. The summed E-state index contributed by atoms with van der Waals surface area (Å²) in [6.07, 6.45) is 2.24. The number of benzene rings is 2.